The molecule has 1 aromatic heterocycles. The zero-order valence-electron chi connectivity index (χ0n) is 10.6. The first-order valence-corrected chi connectivity index (χ1v) is 6.36. The maximum Gasteiger partial charge on any atom is 0.238 e. The standard InChI is InChI=1S/C15H8ClNO4/c16-11-5-9(6-13-15(11)21-8-20-13)4-10(7-17)14(18)12-2-1-3-19-12/h1-6H,8H2/b10-4+. The Labute approximate surface area is 124 Å². The lowest BCUT2D eigenvalue weighted by Crippen LogP contribution is -2.00. The Morgan fingerprint density at radius 1 is 1.38 bits per heavy atom. The molecule has 5 nitrogen and oxygen atoms in total. The number of nitrogens with zero attached hydrogens (tertiary/aromatic N) is 1. The van der Waals surface area contributed by atoms with Crippen LogP contribution in [0.1, 0.15) is 16.1 Å². The number of ether oxygens (including phenoxy) is 2. The van der Waals surface area contributed by atoms with Gasteiger partial charge < -0.3 is 13.9 Å². The summed E-state index contributed by atoms with van der Waals surface area (Å²) in [5.74, 6) is 0.562. The number of Topliss-reactive ketones (excluding diaryl/α,β-unsaturated/α-hetero) is 1. The molecule has 0 saturated heterocycles. The van der Waals surface area contributed by atoms with E-state index in [-0.39, 0.29) is 18.1 Å². The maximum absolute atomic E-state index is 12.1. The summed E-state index contributed by atoms with van der Waals surface area (Å²) in [6.07, 6.45) is 2.80. The normalized spacial score (nSPS) is 13.0. The van der Waals surface area contributed by atoms with Crippen molar-refractivity contribution in [1.82, 2.24) is 0 Å². The molecule has 0 saturated carbocycles. The smallest absolute Gasteiger partial charge is 0.238 e. The average molecular weight is 302 g/mol. The van der Waals surface area contributed by atoms with E-state index in [0.29, 0.717) is 22.1 Å². The summed E-state index contributed by atoms with van der Waals surface area (Å²) < 4.78 is 15.4. The number of allylic oxidation sites excluding steroid dienone is 1. The highest BCUT2D eigenvalue weighted by molar-refractivity contribution is 6.32. The fraction of sp³-hybridized carbons (Fsp3) is 0.0667. The quantitative estimate of drug-likeness (QED) is 0.493. The Bertz CT molecular complexity index is 772. The fourth-order valence-electron chi connectivity index (χ4n) is 1.93. The number of nitriles is 1. The van der Waals surface area contributed by atoms with Gasteiger partial charge in [-0.25, -0.2) is 0 Å². The number of furan rings is 1. The Morgan fingerprint density at radius 3 is 2.95 bits per heavy atom. The molecule has 0 amide bonds. The first kappa shape index (κ1) is 13.3. The molecule has 1 aliphatic rings. The molecule has 0 aliphatic carbocycles. The van der Waals surface area contributed by atoms with Gasteiger partial charge in [-0.2, -0.15) is 5.26 Å². The molecule has 3 rings (SSSR count). The van der Waals surface area contributed by atoms with E-state index >= 15 is 0 Å². The lowest BCUT2D eigenvalue weighted by Gasteiger charge is -2.02. The highest BCUT2D eigenvalue weighted by Crippen LogP contribution is 2.40. The van der Waals surface area contributed by atoms with Crippen LogP contribution in [-0.4, -0.2) is 12.6 Å². The van der Waals surface area contributed by atoms with Crippen LogP contribution in [0.4, 0.5) is 0 Å². The summed E-state index contributed by atoms with van der Waals surface area (Å²) in [6, 6.07) is 8.20. The third-order valence-electron chi connectivity index (χ3n) is 2.87. The van der Waals surface area contributed by atoms with E-state index in [1.165, 1.54) is 18.4 Å². The second kappa shape index (κ2) is 5.35. The number of hydrogen-bond donors (Lipinski definition) is 0. The Balaban J connectivity index is 1.98. The van der Waals surface area contributed by atoms with Gasteiger partial charge in [0.15, 0.2) is 17.3 Å². The Kier molecular flexibility index (Phi) is 3.38. The van der Waals surface area contributed by atoms with Crippen LogP contribution in [0, 0.1) is 11.3 Å². The number of carbonyl (C=O) groups is 1. The summed E-state index contributed by atoms with van der Waals surface area (Å²) in [6.45, 7) is 0.0959. The van der Waals surface area contributed by atoms with E-state index in [1.807, 2.05) is 6.07 Å². The molecule has 0 N–H and O–H groups in total. The molecule has 0 unspecified atom stereocenters. The summed E-state index contributed by atoms with van der Waals surface area (Å²) in [7, 11) is 0. The van der Waals surface area contributed by atoms with Crippen molar-refractivity contribution in [3.05, 3.63) is 52.4 Å². The van der Waals surface area contributed by atoms with Gasteiger partial charge in [-0.05, 0) is 35.9 Å². The zero-order valence-corrected chi connectivity index (χ0v) is 11.4. The third-order valence-corrected chi connectivity index (χ3v) is 3.15. The molecule has 0 spiro atoms. The van der Waals surface area contributed by atoms with Gasteiger partial charge in [0.05, 0.1) is 11.3 Å². The van der Waals surface area contributed by atoms with Crippen molar-refractivity contribution >= 4 is 23.5 Å². The van der Waals surface area contributed by atoms with E-state index in [0.717, 1.165) is 0 Å². The minimum Gasteiger partial charge on any atom is -0.461 e. The molecule has 1 aliphatic heterocycles. The first-order chi connectivity index (χ1) is 10.2. The molecule has 1 aromatic carbocycles. The van der Waals surface area contributed by atoms with Crippen molar-refractivity contribution in [2.45, 2.75) is 0 Å². The largest absolute Gasteiger partial charge is 0.461 e. The molecular formula is C15H8ClNO4. The monoisotopic (exact) mass is 301 g/mol. The number of ketones is 1. The van der Waals surface area contributed by atoms with Crippen LogP contribution in [0.15, 0.2) is 40.5 Å². The number of fused-ring (bicyclic) bond motifs is 1. The summed E-state index contributed by atoms with van der Waals surface area (Å²) in [5.41, 5.74) is 0.514. The molecule has 0 fully saturated rings. The van der Waals surface area contributed by atoms with E-state index in [9.17, 15) is 4.79 Å². The van der Waals surface area contributed by atoms with Crippen molar-refractivity contribution in [3.8, 4) is 17.6 Å². The van der Waals surface area contributed by atoms with E-state index in [4.69, 9.17) is 30.8 Å². The van der Waals surface area contributed by atoms with Crippen LogP contribution in [0.5, 0.6) is 11.5 Å². The lowest BCUT2D eigenvalue weighted by atomic mass is 10.1. The van der Waals surface area contributed by atoms with Crippen molar-refractivity contribution < 1.29 is 18.7 Å². The topological polar surface area (TPSA) is 72.5 Å². The molecule has 2 heterocycles. The first-order valence-electron chi connectivity index (χ1n) is 5.98. The van der Waals surface area contributed by atoms with E-state index in [2.05, 4.69) is 0 Å². The van der Waals surface area contributed by atoms with Gasteiger partial charge in [0.1, 0.15) is 11.6 Å². The summed E-state index contributed by atoms with van der Waals surface area (Å²) >= 11 is 6.06. The van der Waals surface area contributed by atoms with Crippen LogP contribution in [0.3, 0.4) is 0 Å². The van der Waals surface area contributed by atoms with E-state index < -0.39 is 5.78 Å². The summed E-state index contributed by atoms with van der Waals surface area (Å²) in [4.78, 5) is 12.1. The molecule has 0 bridgehead atoms. The van der Waals surface area contributed by atoms with Gasteiger partial charge >= 0.3 is 0 Å². The minimum absolute atomic E-state index is 0.0557. The number of benzene rings is 1. The highest BCUT2D eigenvalue weighted by Gasteiger charge is 2.19. The minimum atomic E-state index is -0.490. The molecule has 6 heteroatoms. The van der Waals surface area contributed by atoms with Crippen LogP contribution in [0.25, 0.3) is 6.08 Å². The Morgan fingerprint density at radius 2 is 2.24 bits per heavy atom. The maximum atomic E-state index is 12.1. The molecule has 104 valence electrons. The SMILES string of the molecule is N#C/C(=C\c1cc(Cl)c2c(c1)OCO2)C(=O)c1ccco1. The van der Waals surface area contributed by atoms with E-state index in [1.54, 1.807) is 18.2 Å². The number of hydrogen-bond acceptors (Lipinski definition) is 5. The van der Waals surface area contributed by atoms with Gasteiger partial charge in [0.25, 0.3) is 0 Å². The predicted molar refractivity (Wildman–Crippen MR) is 74.2 cm³/mol. The third kappa shape index (κ3) is 2.49. The van der Waals surface area contributed by atoms with Crippen molar-refractivity contribution in [2.24, 2.45) is 0 Å². The molecular weight excluding hydrogens is 294 g/mol. The predicted octanol–water partition coefficient (Wildman–Crippen LogP) is 3.45. The second-order valence-electron chi connectivity index (χ2n) is 4.21. The van der Waals surface area contributed by atoms with Gasteiger partial charge in [-0.15, -0.1) is 0 Å². The molecule has 2 aromatic rings. The van der Waals surface area contributed by atoms with Crippen molar-refractivity contribution in [3.63, 3.8) is 0 Å². The lowest BCUT2D eigenvalue weighted by molar-refractivity contribution is 0.101. The molecule has 21 heavy (non-hydrogen) atoms. The second-order valence-corrected chi connectivity index (χ2v) is 4.62. The molecule has 0 atom stereocenters. The Hall–Kier alpha value is -2.71. The number of carbonyl (C=O) groups excluding carboxylic acids is 1. The molecule has 0 radical (unpaired) electrons. The fourth-order valence-corrected chi connectivity index (χ4v) is 2.20. The van der Waals surface area contributed by atoms with Crippen molar-refractivity contribution in [2.75, 3.05) is 6.79 Å². The van der Waals surface area contributed by atoms with Crippen LogP contribution >= 0.6 is 11.6 Å². The summed E-state index contributed by atoms with van der Waals surface area (Å²) in [5, 5.41) is 9.51. The van der Waals surface area contributed by atoms with Crippen LogP contribution < -0.4 is 9.47 Å². The zero-order chi connectivity index (χ0) is 14.8. The van der Waals surface area contributed by atoms with Gasteiger partial charge in [-0.1, -0.05) is 11.6 Å². The van der Waals surface area contributed by atoms with Crippen LogP contribution in [0.2, 0.25) is 5.02 Å². The van der Waals surface area contributed by atoms with Gasteiger partial charge in [0, 0.05) is 0 Å². The van der Waals surface area contributed by atoms with Gasteiger partial charge in [-0.3, -0.25) is 4.79 Å². The van der Waals surface area contributed by atoms with Crippen LogP contribution in [-0.2, 0) is 0 Å². The van der Waals surface area contributed by atoms with Gasteiger partial charge in [0.2, 0.25) is 12.6 Å². The number of rotatable bonds is 3. The average Bonchev–Trinajstić information content (AvgIpc) is 3.14. The highest BCUT2D eigenvalue weighted by atomic mass is 35.5. The number of halogens is 1. The van der Waals surface area contributed by atoms with Crippen molar-refractivity contribution in [1.29, 1.82) is 5.26 Å².